The minimum atomic E-state index is 0.159. The molecule has 0 bridgehead atoms. The Hall–Kier alpha value is -0.280. The molecule has 6 atom stereocenters. The first-order chi connectivity index (χ1) is 12.2. The number of quaternary nitrogens is 2. The van der Waals surface area contributed by atoms with E-state index in [1.807, 2.05) is 0 Å². The van der Waals surface area contributed by atoms with Crippen LogP contribution < -0.4 is 26.3 Å². The highest BCUT2D eigenvalue weighted by Gasteiger charge is 2.43. The lowest BCUT2D eigenvalue weighted by atomic mass is 9.92. The lowest BCUT2D eigenvalue weighted by Gasteiger charge is -2.31. The van der Waals surface area contributed by atoms with E-state index >= 15 is 0 Å². The van der Waals surface area contributed by atoms with Crippen LogP contribution in [0.15, 0.2) is 0 Å². The molecule has 0 aliphatic carbocycles. The summed E-state index contributed by atoms with van der Waals surface area (Å²) in [6, 6.07) is 0.589. The van der Waals surface area contributed by atoms with Crippen LogP contribution in [0.1, 0.15) is 39.5 Å². The van der Waals surface area contributed by atoms with Gasteiger partial charge in [0.2, 0.25) is 0 Å². The Balaban J connectivity index is 1.47. The van der Waals surface area contributed by atoms with Crippen molar-refractivity contribution in [3.63, 3.8) is 0 Å². The van der Waals surface area contributed by atoms with Gasteiger partial charge in [0.1, 0.15) is 12.2 Å². The SMILES string of the molecule is COCCNC1CC(C2NOC([C@@H]3CCC[NH+]3CC(C)C)N2)CC[NH2+]1. The third kappa shape index (κ3) is 5.35. The Morgan fingerprint density at radius 3 is 3.04 bits per heavy atom. The lowest BCUT2D eigenvalue weighted by Crippen LogP contribution is -3.15. The van der Waals surface area contributed by atoms with Gasteiger partial charge >= 0.3 is 0 Å². The van der Waals surface area contributed by atoms with Crippen molar-refractivity contribution in [3.8, 4) is 0 Å². The Bertz CT molecular complexity index is 398. The van der Waals surface area contributed by atoms with Crippen molar-refractivity contribution in [2.45, 2.75) is 64.1 Å². The van der Waals surface area contributed by atoms with Gasteiger partial charge < -0.3 is 15.0 Å². The molecule has 0 saturated carbocycles. The molecular formula is C18H39N5O2+2. The van der Waals surface area contributed by atoms with Crippen molar-refractivity contribution in [3.05, 3.63) is 0 Å². The van der Waals surface area contributed by atoms with Crippen molar-refractivity contribution in [1.29, 1.82) is 0 Å². The second-order valence-corrected chi connectivity index (χ2v) is 8.42. The van der Waals surface area contributed by atoms with Crippen LogP contribution in [0.2, 0.25) is 0 Å². The van der Waals surface area contributed by atoms with Crippen LogP contribution in [0.5, 0.6) is 0 Å². The van der Waals surface area contributed by atoms with Crippen LogP contribution >= 0.6 is 0 Å². The second kappa shape index (κ2) is 9.60. The number of nitrogens with two attached hydrogens (primary N) is 1. The van der Waals surface area contributed by atoms with Crippen LogP contribution in [-0.2, 0) is 9.57 Å². The number of nitrogens with one attached hydrogen (secondary N) is 4. The molecule has 0 spiro atoms. The number of piperidine rings is 1. The molecule has 0 aromatic rings. The molecule has 3 saturated heterocycles. The van der Waals surface area contributed by atoms with Crippen molar-refractivity contribution >= 4 is 0 Å². The summed E-state index contributed by atoms with van der Waals surface area (Å²) in [5.41, 5.74) is 3.32. The Kier molecular flexibility index (Phi) is 7.48. The Morgan fingerprint density at radius 1 is 1.36 bits per heavy atom. The molecule has 3 aliphatic rings. The average molecular weight is 358 g/mol. The first-order valence-electron chi connectivity index (χ1n) is 10.2. The third-order valence-corrected chi connectivity index (χ3v) is 5.97. The lowest BCUT2D eigenvalue weighted by molar-refractivity contribution is -0.919. The molecule has 3 heterocycles. The fourth-order valence-electron chi connectivity index (χ4n) is 4.77. The van der Waals surface area contributed by atoms with E-state index in [9.17, 15) is 0 Å². The summed E-state index contributed by atoms with van der Waals surface area (Å²) >= 11 is 0. The summed E-state index contributed by atoms with van der Waals surface area (Å²) in [4.78, 5) is 7.73. The number of hydroxylamine groups is 1. The van der Waals surface area contributed by atoms with Crippen molar-refractivity contribution in [2.75, 3.05) is 39.9 Å². The topological polar surface area (TPSA) is 75.6 Å². The molecule has 146 valence electrons. The maximum atomic E-state index is 6.02. The number of ether oxygens (including phenoxy) is 1. The van der Waals surface area contributed by atoms with Gasteiger partial charge in [-0.15, -0.1) is 0 Å². The molecule has 0 radical (unpaired) electrons. The summed E-state index contributed by atoms with van der Waals surface area (Å²) < 4.78 is 5.14. The Morgan fingerprint density at radius 2 is 2.24 bits per heavy atom. The average Bonchev–Trinajstić information content (AvgIpc) is 3.24. The first kappa shape index (κ1) is 19.5. The van der Waals surface area contributed by atoms with E-state index in [0.29, 0.717) is 18.1 Å². The van der Waals surface area contributed by atoms with Gasteiger partial charge in [0.25, 0.3) is 0 Å². The smallest absolute Gasteiger partial charge is 0.183 e. The summed E-state index contributed by atoms with van der Waals surface area (Å²) in [5.74, 6) is 1.36. The predicted molar refractivity (Wildman–Crippen MR) is 96.7 cm³/mol. The van der Waals surface area contributed by atoms with E-state index < -0.39 is 0 Å². The van der Waals surface area contributed by atoms with Gasteiger partial charge in [-0.05, 0) is 0 Å². The van der Waals surface area contributed by atoms with Crippen molar-refractivity contribution in [2.24, 2.45) is 11.8 Å². The third-order valence-electron chi connectivity index (χ3n) is 5.97. The largest absolute Gasteiger partial charge is 0.383 e. The summed E-state index contributed by atoms with van der Waals surface area (Å²) in [5, 5.41) is 9.78. The zero-order valence-electron chi connectivity index (χ0n) is 16.2. The highest BCUT2D eigenvalue weighted by atomic mass is 16.7. The quantitative estimate of drug-likeness (QED) is 0.325. The van der Waals surface area contributed by atoms with E-state index in [1.165, 1.54) is 38.9 Å². The van der Waals surface area contributed by atoms with E-state index in [-0.39, 0.29) is 12.4 Å². The van der Waals surface area contributed by atoms with Gasteiger partial charge in [-0.25, -0.2) is 0 Å². The highest BCUT2D eigenvalue weighted by Crippen LogP contribution is 2.20. The van der Waals surface area contributed by atoms with Gasteiger partial charge in [0.05, 0.1) is 32.4 Å². The van der Waals surface area contributed by atoms with Crippen LogP contribution in [0.3, 0.4) is 0 Å². The normalized spacial score (nSPS) is 39.4. The number of hydrogen-bond donors (Lipinski definition) is 5. The molecule has 7 heteroatoms. The maximum Gasteiger partial charge on any atom is 0.183 e. The van der Waals surface area contributed by atoms with Crippen LogP contribution in [-0.4, -0.2) is 64.5 Å². The Labute approximate surface area is 152 Å². The molecule has 5 unspecified atom stereocenters. The summed E-state index contributed by atoms with van der Waals surface area (Å²) in [6.45, 7) is 10.1. The molecule has 0 aromatic carbocycles. The minimum absolute atomic E-state index is 0.159. The fourth-order valence-corrected chi connectivity index (χ4v) is 4.77. The number of likely N-dealkylation sites (tertiary alicyclic amines) is 1. The van der Waals surface area contributed by atoms with Crippen molar-refractivity contribution in [1.82, 2.24) is 16.1 Å². The molecule has 7 nitrogen and oxygen atoms in total. The molecule has 3 aliphatic heterocycles. The van der Waals surface area contributed by atoms with Crippen LogP contribution in [0.25, 0.3) is 0 Å². The van der Waals surface area contributed by atoms with Crippen LogP contribution in [0.4, 0.5) is 0 Å². The van der Waals surface area contributed by atoms with E-state index in [4.69, 9.17) is 9.57 Å². The molecule has 3 rings (SSSR count). The molecule has 0 aromatic heterocycles. The minimum Gasteiger partial charge on any atom is -0.383 e. The van der Waals surface area contributed by atoms with E-state index in [0.717, 1.165) is 25.5 Å². The van der Waals surface area contributed by atoms with Crippen molar-refractivity contribution < 1.29 is 19.8 Å². The second-order valence-electron chi connectivity index (χ2n) is 8.42. The standard InChI is InChI=1S/C18H37N5O2/c1-13(2)12-23-9-4-5-15(23)18-21-17(22-25-18)14-6-7-19-16(11-14)20-8-10-24-3/h13-22H,4-12H2,1-3H3/p+2/t14?,15-,16?,17?,18?/m0/s1. The molecule has 25 heavy (non-hydrogen) atoms. The first-order valence-corrected chi connectivity index (χ1v) is 10.2. The number of methoxy groups -OCH3 is 1. The zero-order chi connectivity index (χ0) is 17.6. The van der Waals surface area contributed by atoms with Gasteiger partial charge in [-0.2, -0.15) is 5.48 Å². The van der Waals surface area contributed by atoms with Gasteiger partial charge in [-0.1, -0.05) is 13.8 Å². The van der Waals surface area contributed by atoms with Gasteiger partial charge in [0, 0.05) is 51.2 Å². The van der Waals surface area contributed by atoms with Gasteiger partial charge in [-0.3, -0.25) is 15.5 Å². The highest BCUT2D eigenvalue weighted by molar-refractivity contribution is 4.84. The van der Waals surface area contributed by atoms with E-state index in [1.54, 1.807) is 12.0 Å². The van der Waals surface area contributed by atoms with E-state index in [2.05, 4.69) is 35.3 Å². The molecular weight excluding hydrogens is 318 g/mol. The van der Waals surface area contributed by atoms with Gasteiger partial charge in [0.15, 0.2) is 6.23 Å². The monoisotopic (exact) mass is 357 g/mol. The predicted octanol–water partition coefficient (Wildman–Crippen LogP) is -2.00. The number of hydrogen-bond acceptors (Lipinski definition) is 5. The summed E-state index contributed by atoms with van der Waals surface area (Å²) in [7, 11) is 1.76. The maximum absolute atomic E-state index is 6.02. The zero-order valence-corrected chi connectivity index (χ0v) is 16.2. The van der Waals surface area contributed by atoms with Crippen LogP contribution in [0, 0.1) is 11.8 Å². The number of rotatable bonds is 8. The summed E-state index contributed by atoms with van der Waals surface area (Å²) in [6.07, 6.45) is 5.93. The fraction of sp³-hybridized carbons (Fsp3) is 1.00. The molecule has 6 N–H and O–H groups in total. The molecule has 3 fully saturated rings. The molecule has 0 amide bonds.